The molecule has 5 aromatic rings. The lowest BCUT2D eigenvalue weighted by molar-refractivity contribution is 0.0218. The summed E-state index contributed by atoms with van der Waals surface area (Å²) in [5, 5.41) is 13.2. The average molecular weight is 644 g/mol. The van der Waals surface area contributed by atoms with Gasteiger partial charge in [-0.1, -0.05) is 50.2 Å². The molecule has 0 radical (unpaired) electrons. The van der Waals surface area contributed by atoms with Gasteiger partial charge in [0.2, 0.25) is 0 Å². The third-order valence-corrected chi connectivity index (χ3v) is 8.81. The fourth-order valence-electron chi connectivity index (χ4n) is 6.62. The summed E-state index contributed by atoms with van der Waals surface area (Å²) in [4.78, 5) is 45.5. The van der Waals surface area contributed by atoms with Crippen molar-refractivity contribution >= 4 is 33.7 Å². The van der Waals surface area contributed by atoms with Crippen LogP contribution in [0.4, 0.5) is 10.6 Å². The number of ether oxygens (including phenoxy) is 1. The molecule has 0 aliphatic carbocycles. The average Bonchev–Trinajstić information content (AvgIpc) is 3.03. The second kappa shape index (κ2) is 12.4. The largest absolute Gasteiger partial charge is 0.444 e. The molecule has 0 N–H and O–H groups in total. The fourth-order valence-corrected chi connectivity index (χ4v) is 6.62. The highest BCUT2D eigenvalue weighted by Gasteiger charge is 2.33. The summed E-state index contributed by atoms with van der Waals surface area (Å²) in [7, 11) is 0. The molecule has 1 aliphatic heterocycles. The maximum atomic E-state index is 14.3. The quantitative estimate of drug-likeness (QED) is 0.204. The van der Waals surface area contributed by atoms with Crippen LogP contribution in [0, 0.1) is 25.2 Å². The monoisotopic (exact) mass is 643 g/mol. The van der Waals surface area contributed by atoms with Gasteiger partial charge in [-0.25, -0.2) is 19.1 Å². The maximum Gasteiger partial charge on any atom is 0.410 e. The van der Waals surface area contributed by atoms with Gasteiger partial charge in [-0.15, -0.1) is 0 Å². The van der Waals surface area contributed by atoms with Crippen molar-refractivity contribution in [1.29, 1.82) is 5.26 Å². The molecule has 2 aromatic carbocycles. The van der Waals surface area contributed by atoms with Crippen LogP contribution >= 0.6 is 0 Å². The first-order chi connectivity index (χ1) is 22.8. The lowest BCUT2D eigenvalue weighted by Gasteiger charge is -2.41. The Morgan fingerprint density at radius 2 is 1.77 bits per heavy atom. The van der Waals surface area contributed by atoms with Gasteiger partial charge in [-0.3, -0.25) is 4.98 Å². The van der Waals surface area contributed by atoms with Crippen LogP contribution in [0.3, 0.4) is 0 Å². The van der Waals surface area contributed by atoms with E-state index in [1.165, 1.54) is 0 Å². The number of carbonyl (C=O) groups excluding carboxylic acids is 1. The molecule has 0 saturated carbocycles. The number of fused-ring (bicyclic) bond motifs is 2. The first kappa shape index (κ1) is 32.6. The van der Waals surface area contributed by atoms with Gasteiger partial charge in [0.15, 0.2) is 5.65 Å². The Balaban J connectivity index is 1.62. The highest BCUT2D eigenvalue weighted by atomic mass is 16.6. The minimum Gasteiger partial charge on any atom is -0.444 e. The molecule has 246 valence electrons. The number of hydrogen-bond acceptors (Lipinski definition) is 8. The van der Waals surface area contributed by atoms with Crippen molar-refractivity contribution in [3.05, 3.63) is 87.6 Å². The van der Waals surface area contributed by atoms with E-state index >= 15 is 0 Å². The van der Waals surface area contributed by atoms with E-state index < -0.39 is 11.3 Å². The van der Waals surface area contributed by atoms with E-state index in [9.17, 15) is 14.9 Å². The van der Waals surface area contributed by atoms with Gasteiger partial charge in [0.05, 0.1) is 28.0 Å². The van der Waals surface area contributed by atoms with E-state index in [0.717, 1.165) is 33.2 Å². The molecular formula is C38H41N7O3. The second-order valence-corrected chi connectivity index (χ2v) is 13.9. The fraction of sp³-hybridized carbons (Fsp3) is 0.368. The standard InChI is InChI=1S/C38H41N7O3/c1-22(2)31-33(24(4)15-16-40-31)45-35-29(19-27(20-39)32(41-35)28-14-10-13-26-12-9-11-23(3)30(26)28)34(42-36(45)46)44-18-17-43(21-25(44)5)37(47)48-38(6,7)8/h9-16,19,22,25H,17-18,21H2,1-8H3. The van der Waals surface area contributed by atoms with Gasteiger partial charge in [0.25, 0.3) is 0 Å². The summed E-state index contributed by atoms with van der Waals surface area (Å²) in [6, 6.07) is 18.0. The van der Waals surface area contributed by atoms with Crippen LogP contribution < -0.4 is 10.6 Å². The van der Waals surface area contributed by atoms with Crippen molar-refractivity contribution in [1.82, 2.24) is 24.4 Å². The van der Waals surface area contributed by atoms with Crippen molar-refractivity contribution in [2.24, 2.45) is 0 Å². The summed E-state index contributed by atoms with van der Waals surface area (Å²) in [6.45, 7) is 16.8. The summed E-state index contributed by atoms with van der Waals surface area (Å²) in [6.07, 6.45) is 1.37. The minimum absolute atomic E-state index is 0.0149. The predicted octanol–water partition coefficient (Wildman–Crippen LogP) is 7.05. The van der Waals surface area contributed by atoms with Crippen LogP contribution in [-0.2, 0) is 4.74 Å². The number of nitrogens with zero attached hydrogens (tertiary/aromatic N) is 7. The summed E-state index contributed by atoms with van der Waals surface area (Å²) >= 11 is 0. The lowest BCUT2D eigenvalue weighted by Crippen LogP contribution is -2.55. The maximum absolute atomic E-state index is 14.3. The van der Waals surface area contributed by atoms with Gasteiger partial charge >= 0.3 is 11.8 Å². The Morgan fingerprint density at radius 1 is 1.04 bits per heavy atom. The molecule has 10 nitrogen and oxygen atoms in total. The third kappa shape index (κ3) is 5.85. The predicted molar refractivity (Wildman–Crippen MR) is 189 cm³/mol. The molecule has 1 atom stereocenters. The molecule has 3 aromatic heterocycles. The number of nitriles is 1. The molecule has 1 unspecified atom stereocenters. The van der Waals surface area contributed by atoms with E-state index in [-0.39, 0.29) is 18.1 Å². The molecule has 1 aliphatic rings. The van der Waals surface area contributed by atoms with Crippen LogP contribution in [0.1, 0.15) is 69.8 Å². The number of benzene rings is 2. The highest BCUT2D eigenvalue weighted by Crippen LogP contribution is 2.36. The first-order valence-corrected chi connectivity index (χ1v) is 16.4. The van der Waals surface area contributed by atoms with E-state index in [1.54, 1.807) is 21.7 Å². The molecule has 0 spiro atoms. The van der Waals surface area contributed by atoms with E-state index in [2.05, 4.69) is 16.0 Å². The van der Waals surface area contributed by atoms with Crippen LogP contribution in [-0.4, -0.2) is 61.8 Å². The SMILES string of the molecule is Cc1ccnc(C(C)C)c1-n1c(=O)nc(N2CCN(C(=O)OC(C)(C)C)CC2C)c2cc(C#N)c(-c3cccc4cccc(C)c34)nc21. The molecule has 1 saturated heterocycles. The molecule has 48 heavy (non-hydrogen) atoms. The Hall–Kier alpha value is -5.30. The zero-order valence-corrected chi connectivity index (χ0v) is 28.8. The Kier molecular flexibility index (Phi) is 8.42. The normalized spacial score (nSPS) is 15.3. The van der Waals surface area contributed by atoms with E-state index in [0.29, 0.717) is 53.4 Å². The second-order valence-electron chi connectivity index (χ2n) is 13.9. The van der Waals surface area contributed by atoms with Crippen LogP contribution in [0.2, 0.25) is 0 Å². The number of rotatable bonds is 4. The molecule has 0 bridgehead atoms. The van der Waals surface area contributed by atoms with Gasteiger partial charge in [0, 0.05) is 37.4 Å². The Labute approximate surface area is 280 Å². The Bertz CT molecular complexity index is 2170. The number of hydrogen-bond donors (Lipinski definition) is 0. The lowest BCUT2D eigenvalue weighted by atomic mass is 9.95. The number of aryl methyl sites for hydroxylation is 2. The number of pyridine rings is 2. The zero-order valence-electron chi connectivity index (χ0n) is 28.8. The zero-order chi connectivity index (χ0) is 34.5. The smallest absolute Gasteiger partial charge is 0.410 e. The summed E-state index contributed by atoms with van der Waals surface area (Å²) < 4.78 is 7.19. The summed E-state index contributed by atoms with van der Waals surface area (Å²) in [5.41, 5.74) is 4.28. The molecule has 1 amide bonds. The molecular weight excluding hydrogens is 602 g/mol. The molecule has 6 rings (SSSR count). The van der Waals surface area contributed by atoms with Gasteiger partial charge in [-0.05, 0) is 81.5 Å². The van der Waals surface area contributed by atoms with Crippen molar-refractivity contribution in [3.8, 4) is 23.0 Å². The molecule has 1 fully saturated rings. The topological polar surface area (TPSA) is 117 Å². The van der Waals surface area contributed by atoms with E-state index in [4.69, 9.17) is 9.72 Å². The van der Waals surface area contributed by atoms with Crippen LogP contribution in [0.5, 0.6) is 0 Å². The van der Waals surface area contributed by atoms with Crippen molar-refractivity contribution < 1.29 is 9.53 Å². The van der Waals surface area contributed by atoms with Gasteiger partial charge in [-0.2, -0.15) is 10.2 Å². The first-order valence-electron chi connectivity index (χ1n) is 16.4. The number of aromatic nitrogens is 4. The summed E-state index contributed by atoms with van der Waals surface area (Å²) in [5.74, 6) is 0.445. The van der Waals surface area contributed by atoms with Crippen LogP contribution in [0.15, 0.2) is 59.5 Å². The number of amides is 1. The van der Waals surface area contributed by atoms with Gasteiger partial charge in [0.1, 0.15) is 17.5 Å². The van der Waals surface area contributed by atoms with E-state index in [1.807, 2.05) is 103 Å². The third-order valence-electron chi connectivity index (χ3n) is 8.81. The Morgan fingerprint density at radius 3 is 2.44 bits per heavy atom. The molecule has 4 heterocycles. The van der Waals surface area contributed by atoms with Crippen molar-refractivity contribution in [2.45, 2.75) is 73.0 Å². The molecule has 10 heteroatoms. The van der Waals surface area contributed by atoms with Crippen molar-refractivity contribution in [2.75, 3.05) is 24.5 Å². The minimum atomic E-state index is -0.612. The van der Waals surface area contributed by atoms with Crippen molar-refractivity contribution in [3.63, 3.8) is 0 Å². The van der Waals surface area contributed by atoms with Gasteiger partial charge < -0.3 is 14.5 Å². The number of carbonyl (C=O) groups is 1. The van der Waals surface area contributed by atoms with Crippen LogP contribution in [0.25, 0.3) is 38.8 Å². The number of anilines is 1. The highest BCUT2D eigenvalue weighted by molar-refractivity contribution is 6.01. The number of piperazine rings is 1.